The van der Waals surface area contributed by atoms with Crippen molar-refractivity contribution in [2.24, 2.45) is 0 Å². The lowest BCUT2D eigenvalue weighted by atomic mass is 9.92. The second kappa shape index (κ2) is 13.6. The number of nitrogens with one attached hydrogen (secondary N) is 1. The third-order valence-electron chi connectivity index (χ3n) is 7.26. The molecule has 0 fully saturated rings. The molecule has 42 heavy (non-hydrogen) atoms. The maximum Gasteiger partial charge on any atom is 0.181 e. The Hall–Kier alpha value is -4.27. The largest absolute Gasteiger partial charge is 0.384 e. The number of halogens is 1. The van der Waals surface area contributed by atoms with E-state index in [9.17, 15) is 12.8 Å². The van der Waals surface area contributed by atoms with Gasteiger partial charge in [0, 0.05) is 56.5 Å². The lowest BCUT2D eigenvalue weighted by molar-refractivity contribution is 0.204. The standard InChI is InChI=1S/C34H34FN3O3S/c1-41-23-3-2-4-24-42(39,40)31-11-5-26(6-12-31)15-20-38-21-16-27(17-22-38)32-25-37-34(29-7-9-30(35)10-8-29)33(32)28-13-18-36-19-14-28/h2,4-16,18-20,25,37H,3,17,21-24H2,1H3. The van der Waals surface area contributed by atoms with E-state index in [4.69, 9.17) is 4.74 Å². The molecule has 0 saturated carbocycles. The number of benzene rings is 2. The monoisotopic (exact) mass is 583 g/mol. The van der Waals surface area contributed by atoms with Crippen LogP contribution in [0.15, 0.2) is 109 Å². The summed E-state index contributed by atoms with van der Waals surface area (Å²) in [6.45, 7) is 2.17. The summed E-state index contributed by atoms with van der Waals surface area (Å²) in [5.41, 5.74) is 7.33. The zero-order valence-electron chi connectivity index (χ0n) is 23.5. The van der Waals surface area contributed by atoms with Crippen molar-refractivity contribution < 1.29 is 17.5 Å². The Morgan fingerprint density at radius 3 is 2.45 bits per heavy atom. The summed E-state index contributed by atoms with van der Waals surface area (Å²) >= 11 is 0. The first-order valence-electron chi connectivity index (χ1n) is 13.9. The van der Waals surface area contributed by atoms with Crippen molar-refractivity contribution in [3.05, 3.63) is 121 Å². The van der Waals surface area contributed by atoms with Gasteiger partial charge in [0.15, 0.2) is 9.84 Å². The number of methoxy groups -OCH3 is 1. The zero-order chi connectivity index (χ0) is 29.4. The molecule has 0 unspecified atom stereocenters. The van der Waals surface area contributed by atoms with Crippen molar-refractivity contribution >= 4 is 21.5 Å². The molecule has 0 amide bonds. The van der Waals surface area contributed by atoms with Crippen molar-refractivity contribution in [3.8, 4) is 22.4 Å². The fourth-order valence-corrected chi connectivity index (χ4v) is 6.11. The van der Waals surface area contributed by atoms with E-state index in [0.29, 0.717) is 17.9 Å². The van der Waals surface area contributed by atoms with Crippen LogP contribution in [0.4, 0.5) is 4.39 Å². The van der Waals surface area contributed by atoms with Gasteiger partial charge in [-0.2, -0.15) is 0 Å². The van der Waals surface area contributed by atoms with Gasteiger partial charge in [-0.1, -0.05) is 30.4 Å². The fourth-order valence-electron chi connectivity index (χ4n) is 4.98. The highest BCUT2D eigenvalue weighted by atomic mass is 32.2. The third kappa shape index (κ3) is 7.13. The predicted molar refractivity (Wildman–Crippen MR) is 167 cm³/mol. The second-order valence-corrected chi connectivity index (χ2v) is 12.1. The number of H-pyrrole nitrogens is 1. The average molecular weight is 584 g/mol. The highest BCUT2D eigenvalue weighted by Gasteiger charge is 2.20. The van der Waals surface area contributed by atoms with E-state index in [0.717, 1.165) is 53.0 Å². The van der Waals surface area contributed by atoms with Gasteiger partial charge in [-0.3, -0.25) is 4.98 Å². The van der Waals surface area contributed by atoms with Gasteiger partial charge in [0.05, 0.1) is 16.3 Å². The maximum absolute atomic E-state index is 13.6. The highest BCUT2D eigenvalue weighted by Crippen LogP contribution is 2.39. The summed E-state index contributed by atoms with van der Waals surface area (Å²) in [6.07, 6.45) is 17.0. The van der Waals surface area contributed by atoms with Gasteiger partial charge < -0.3 is 14.6 Å². The first-order chi connectivity index (χ1) is 20.4. The van der Waals surface area contributed by atoms with Gasteiger partial charge in [-0.25, -0.2) is 12.8 Å². The third-order valence-corrected chi connectivity index (χ3v) is 8.88. The van der Waals surface area contributed by atoms with Crippen LogP contribution in [0.5, 0.6) is 0 Å². The Morgan fingerprint density at radius 1 is 1.00 bits per heavy atom. The first kappa shape index (κ1) is 29.2. The van der Waals surface area contributed by atoms with Gasteiger partial charge in [-0.05, 0) is 95.9 Å². The fraction of sp³-hybridized carbons (Fsp3) is 0.206. The Morgan fingerprint density at radius 2 is 1.76 bits per heavy atom. The molecule has 6 nitrogen and oxygen atoms in total. The number of pyridine rings is 1. The van der Waals surface area contributed by atoms with Crippen LogP contribution in [-0.2, 0) is 14.6 Å². The molecule has 1 aliphatic heterocycles. The normalized spacial score (nSPS) is 14.1. The van der Waals surface area contributed by atoms with Crippen molar-refractivity contribution in [2.75, 3.05) is 32.6 Å². The SMILES string of the molecule is COCCC=CCS(=O)(=O)c1ccc(C=CN2CC=C(c3c[nH]c(-c4ccc(F)cc4)c3-c3ccncc3)CC2)cc1. The summed E-state index contributed by atoms with van der Waals surface area (Å²) < 4.78 is 43.8. The van der Waals surface area contributed by atoms with Crippen molar-refractivity contribution in [1.29, 1.82) is 0 Å². The van der Waals surface area contributed by atoms with Crippen LogP contribution in [-0.4, -0.2) is 55.8 Å². The topological polar surface area (TPSA) is 75.3 Å². The maximum atomic E-state index is 13.6. The van der Waals surface area contributed by atoms with E-state index in [-0.39, 0.29) is 11.6 Å². The molecule has 1 aliphatic rings. The molecule has 0 atom stereocenters. The molecule has 0 bridgehead atoms. The Balaban J connectivity index is 1.28. The molecule has 8 heteroatoms. The van der Waals surface area contributed by atoms with Gasteiger partial charge >= 0.3 is 0 Å². The minimum atomic E-state index is -3.37. The number of aromatic amines is 1. The highest BCUT2D eigenvalue weighted by molar-refractivity contribution is 7.91. The van der Waals surface area contributed by atoms with Crippen molar-refractivity contribution in [3.63, 3.8) is 0 Å². The molecule has 216 valence electrons. The number of aromatic nitrogens is 2. The lowest BCUT2D eigenvalue weighted by Crippen LogP contribution is -2.22. The quantitative estimate of drug-likeness (QED) is 0.152. The molecule has 0 aliphatic carbocycles. The number of sulfone groups is 1. The molecule has 2 aromatic carbocycles. The molecule has 0 saturated heterocycles. The molecule has 0 radical (unpaired) electrons. The van der Waals surface area contributed by atoms with E-state index in [1.165, 1.54) is 17.7 Å². The smallest absolute Gasteiger partial charge is 0.181 e. The molecule has 4 aromatic rings. The van der Waals surface area contributed by atoms with E-state index >= 15 is 0 Å². The Labute approximate surface area is 246 Å². The molecule has 1 N–H and O–H groups in total. The van der Waals surface area contributed by atoms with E-state index in [2.05, 4.69) is 27.1 Å². The summed E-state index contributed by atoms with van der Waals surface area (Å²) in [6, 6.07) is 17.5. The predicted octanol–water partition coefficient (Wildman–Crippen LogP) is 7.01. The summed E-state index contributed by atoms with van der Waals surface area (Å²) in [5, 5.41) is 0. The first-order valence-corrected chi connectivity index (χ1v) is 15.6. The molecule has 2 aromatic heterocycles. The van der Waals surface area contributed by atoms with Crippen LogP contribution in [0, 0.1) is 5.82 Å². The molecular formula is C34H34FN3O3S. The van der Waals surface area contributed by atoms with Crippen molar-refractivity contribution in [1.82, 2.24) is 14.9 Å². The van der Waals surface area contributed by atoms with Gasteiger partial charge in [0.1, 0.15) is 5.82 Å². The van der Waals surface area contributed by atoms with Crippen LogP contribution in [0.25, 0.3) is 34.0 Å². The zero-order valence-corrected chi connectivity index (χ0v) is 24.4. The van der Waals surface area contributed by atoms with Gasteiger partial charge in [0.2, 0.25) is 0 Å². The van der Waals surface area contributed by atoms with Crippen LogP contribution in [0.3, 0.4) is 0 Å². The van der Waals surface area contributed by atoms with Gasteiger partial charge in [0.25, 0.3) is 0 Å². The van der Waals surface area contributed by atoms with Crippen LogP contribution in [0.2, 0.25) is 0 Å². The molecule has 0 spiro atoms. The van der Waals surface area contributed by atoms with Crippen LogP contribution >= 0.6 is 0 Å². The summed E-state index contributed by atoms with van der Waals surface area (Å²) in [5.74, 6) is -0.286. The number of ether oxygens (including phenoxy) is 1. The number of rotatable bonds is 11. The Bertz CT molecular complexity index is 1670. The van der Waals surface area contributed by atoms with E-state index in [1.807, 2.05) is 42.6 Å². The van der Waals surface area contributed by atoms with E-state index in [1.54, 1.807) is 49.8 Å². The summed E-state index contributed by atoms with van der Waals surface area (Å²) in [7, 11) is -1.75. The minimum absolute atomic E-state index is 0.0241. The second-order valence-electron chi connectivity index (χ2n) is 10.1. The number of hydrogen-bond donors (Lipinski definition) is 1. The lowest BCUT2D eigenvalue weighted by Gasteiger charge is -2.25. The van der Waals surface area contributed by atoms with E-state index < -0.39 is 9.84 Å². The molecular weight excluding hydrogens is 549 g/mol. The number of nitrogens with zero attached hydrogens (tertiary/aromatic N) is 2. The van der Waals surface area contributed by atoms with Crippen molar-refractivity contribution in [2.45, 2.75) is 17.7 Å². The van der Waals surface area contributed by atoms with Crippen LogP contribution < -0.4 is 0 Å². The summed E-state index contributed by atoms with van der Waals surface area (Å²) in [4.78, 5) is 10.2. The van der Waals surface area contributed by atoms with Gasteiger partial charge in [-0.15, -0.1) is 0 Å². The molecule has 5 rings (SSSR count). The van der Waals surface area contributed by atoms with Crippen LogP contribution in [0.1, 0.15) is 24.0 Å². The molecule has 3 heterocycles. The minimum Gasteiger partial charge on any atom is -0.384 e. The Kier molecular flexibility index (Phi) is 9.46. The number of hydrogen-bond acceptors (Lipinski definition) is 5. The average Bonchev–Trinajstić information content (AvgIpc) is 3.46.